The van der Waals surface area contributed by atoms with Gasteiger partial charge in [0.05, 0.1) is 28.8 Å². The first-order valence-corrected chi connectivity index (χ1v) is 6.71. The van der Waals surface area contributed by atoms with Crippen molar-refractivity contribution in [2.24, 2.45) is 0 Å². The van der Waals surface area contributed by atoms with Gasteiger partial charge in [-0.3, -0.25) is 4.98 Å². The third-order valence-electron chi connectivity index (χ3n) is 2.88. The number of aromatic nitrogens is 3. The van der Waals surface area contributed by atoms with Gasteiger partial charge in [0.15, 0.2) is 0 Å². The SMILES string of the molecule is Nc1cn(-c2ccc(Cl)cc2Cl)nc1-c1cncc(F)c1. The normalized spacial score (nSPS) is 10.8. The van der Waals surface area contributed by atoms with Crippen molar-refractivity contribution in [3.8, 4) is 16.9 Å². The van der Waals surface area contributed by atoms with Gasteiger partial charge < -0.3 is 5.73 Å². The smallest absolute Gasteiger partial charge is 0.142 e. The van der Waals surface area contributed by atoms with Crippen molar-refractivity contribution in [2.45, 2.75) is 0 Å². The minimum atomic E-state index is -0.453. The summed E-state index contributed by atoms with van der Waals surface area (Å²) < 4.78 is 14.8. The van der Waals surface area contributed by atoms with E-state index in [1.807, 2.05) is 0 Å². The first-order valence-electron chi connectivity index (χ1n) is 5.96. The van der Waals surface area contributed by atoms with Crippen molar-refractivity contribution >= 4 is 28.9 Å². The van der Waals surface area contributed by atoms with Gasteiger partial charge in [0.1, 0.15) is 11.5 Å². The van der Waals surface area contributed by atoms with Gasteiger partial charge in [-0.05, 0) is 24.3 Å². The van der Waals surface area contributed by atoms with Crippen LogP contribution in [0, 0.1) is 5.82 Å². The quantitative estimate of drug-likeness (QED) is 0.776. The molecule has 0 spiro atoms. The Bertz CT molecular complexity index is 816. The predicted octanol–water partition coefficient (Wildman–Crippen LogP) is 3.96. The van der Waals surface area contributed by atoms with E-state index in [0.717, 1.165) is 6.20 Å². The van der Waals surface area contributed by atoms with Gasteiger partial charge >= 0.3 is 0 Å². The molecule has 0 aliphatic heterocycles. The lowest BCUT2D eigenvalue weighted by atomic mass is 10.2. The van der Waals surface area contributed by atoms with Crippen LogP contribution in [0.3, 0.4) is 0 Å². The molecule has 3 rings (SSSR count). The highest BCUT2D eigenvalue weighted by Crippen LogP contribution is 2.29. The second-order valence-electron chi connectivity index (χ2n) is 4.37. The molecule has 0 atom stereocenters. The maximum Gasteiger partial charge on any atom is 0.142 e. The second kappa shape index (κ2) is 5.35. The largest absolute Gasteiger partial charge is 0.396 e. The van der Waals surface area contributed by atoms with Crippen LogP contribution in [0.2, 0.25) is 10.0 Å². The Kier molecular flexibility index (Phi) is 3.53. The number of pyridine rings is 1. The van der Waals surface area contributed by atoms with E-state index < -0.39 is 5.82 Å². The molecular weight excluding hydrogens is 314 g/mol. The fraction of sp³-hybridized carbons (Fsp3) is 0. The molecule has 0 radical (unpaired) electrons. The average Bonchev–Trinajstić information content (AvgIpc) is 2.80. The Labute approximate surface area is 129 Å². The van der Waals surface area contributed by atoms with E-state index in [-0.39, 0.29) is 0 Å². The summed E-state index contributed by atoms with van der Waals surface area (Å²) in [5, 5.41) is 5.30. The number of hydrogen-bond donors (Lipinski definition) is 1. The Morgan fingerprint density at radius 3 is 2.67 bits per heavy atom. The number of halogens is 3. The van der Waals surface area contributed by atoms with Crippen molar-refractivity contribution in [1.29, 1.82) is 0 Å². The second-order valence-corrected chi connectivity index (χ2v) is 5.21. The molecule has 0 saturated heterocycles. The van der Waals surface area contributed by atoms with Crippen molar-refractivity contribution < 1.29 is 4.39 Å². The van der Waals surface area contributed by atoms with Crippen molar-refractivity contribution in [2.75, 3.05) is 5.73 Å². The summed E-state index contributed by atoms with van der Waals surface area (Å²) in [6, 6.07) is 6.36. The Morgan fingerprint density at radius 1 is 1.14 bits per heavy atom. The van der Waals surface area contributed by atoms with Crippen LogP contribution in [0.1, 0.15) is 0 Å². The van der Waals surface area contributed by atoms with E-state index in [1.54, 1.807) is 24.4 Å². The van der Waals surface area contributed by atoms with Crippen LogP contribution >= 0.6 is 23.2 Å². The fourth-order valence-electron chi connectivity index (χ4n) is 1.94. The lowest BCUT2D eigenvalue weighted by molar-refractivity contribution is 0.622. The molecule has 0 bridgehead atoms. The van der Waals surface area contributed by atoms with E-state index in [2.05, 4.69) is 10.1 Å². The van der Waals surface area contributed by atoms with Gasteiger partial charge in [0.2, 0.25) is 0 Å². The van der Waals surface area contributed by atoms with Crippen LogP contribution in [-0.2, 0) is 0 Å². The van der Waals surface area contributed by atoms with Gasteiger partial charge in [-0.1, -0.05) is 23.2 Å². The lowest BCUT2D eigenvalue weighted by Crippen LogP contribution is -1.96. The molecule has 0 aliphatic carbocycles. The van der Waals surface area contributed by atoms with E-state index >= 15 is 0 Å². The van der Waals surface area contributed by atoms with E-state index in [9.17, 15) is 4.39 Å². The number of nitrogens with zero attached hydrogens (tertiary/aromatic N) is 3. The van der Waals surface area contributed by atoms with Crippen molar-refractivity contribution in [3.05, 3.63) is 58.7 Å². The zero-order valence-corrected chi connectivity index (χ0v) is 12.1. The summed E-state index contributed by atoms with van der Waals surface area (Å²) >= 11 is 12.0. The molecule has 2 N–H and O–H groups in total. The maximum atomic E-state index is 13.2. The molecule has 7 heteroatoms. The topological polar surface area (TPSA) is 56.7 Å². The van der Waals surface area contributed by atoms with Crippen LogP contribution < -0.4 is 5.73 Å². The summed E-state index contributed by atoms with van der Waals surface area (Å²) in [4.78, 5) is 3.79. The highest BCUT2D eigenvalue weighted by atomic mass is 35.5. The predicted molar refractivity (Wildman–Crippen MR) is 81.2 cm³/mol. The van der Waals surface area contributed by atoms with Crippen LogP contribution in [0.4, 0.5) is 10.1 Å². The Morgan fingerprint density at radius 2 is 1.95 bits per heavy atom. The monoisotopic (exact) mass is 322 g/mol. The standard InChI is InChI=1S/C14H9Cl2FN4/c15-9-1-2-13(11(16)4-9)21-7-12(18)14(20-21)8-3-10(17)6-19-5-8/h1-7H,18H2. The molecule has 0 aliphatic rings. The molecular formula is C14H9Cl2FN4. The summed E-state index contributed by atoms with van der Waals surface area (Å²) in [5.74, 6) is -0.453. The molecule has 0 saturated carbocycles. The van der Waals surface area contributed by atoms with Gasteiger partial charge in [0, 0.05) is 16.8 Å². The van der Waals surface area contributed by atoms with Crippen LogP contribution in [0.25, 0.3) is 16.9 Å². The Hall–Kier alpha value is -2.11. The van der Waals surface area contributed by atoms with Crippen LogP contribution in [0.5, 0.6) is 0 Å². The molecule has 4 nitrogen and oxygen atoms in total. The fourth-order valence-corrected chi connectivity index (χ4v) is 2.44. The highest BCUT2D eigenvalue weighted by molar-refractivity contribution is 6.35. The molecule has 2 heterocycles. The van der Waals surface area contributed by atoms with Crippen LogP contribution in [0.15, 0.2) is 42.9 Å². The van der Waals surface area contributed by atoms with E-state index in [1.165, 1.54) is 16.9 Å². The Balaban J connectivity index is 2.09. The summed E-state index contributed by atoms with van der Waals surface area (Å²) in [7, 11) is 0. The molecule has 1 aromatic carbocycles. The molecule has 0 fully saturated rings. The minimum Gasteiger partial charge on any atom is -0.396 e. The van der Waals surface area contributed by atoms with Crippen molar-refractivity contribution in [1.82, 2.24) is 14.8 Å². The number of rotatable bonds is 2. The number of nitrogen functional groups attached to an aromatic ring is 1. The summed E-state index contributed by atoms with van der Waals surface area (Å²) in [6.07, 6.45) is 4.22. The summed E-state index contributed by atoms with van der Waals surface area (Å²) in [6.45, 7) is 0. The van der Waals surface area contributed by atoms with Crippen LogP contribution in [-0.4, -0.2) is 14.8 Å². The zero-order chi connectivity index (χ0) is 15.0. The van der Waals surface area contributed by atoms with Gasteiger partial charge in [0.25, 0.3) is 0 Å². The van der Waals surface area contributed by atoms with E-state index in [4.69, 9.17) is 28.9 Å². The lowest BCUT2D eigenvalue weighted by Gasteiger charge is -2.04. The minimum absolute atomic E-state index is 0.397. The first-order chi connectivity index (χ1) is 10.0. The zero-order valence-electron chi connectivity index (χ0n) is 10.6. The third kappa shape index (κ3) is 2.70. The molecule has 0 amide bonds. The van der Waals surface area contributed by atoms with Gasteiger partial charge in [-0.25, -0.2) is 9.07 Å². The first kappa shape index (κ1) is 13.9. The average molecular weight is 323 g/mol. The van der Waals surface area contributed by atoms with E-state index in [0.29, 0.717) is 32.7 Å². The molecule has 2 aromatic heterocycles. The molecule has 3 aromatic rings. The maximum absolute atomic E-state index is 13.2. The molecule has 106 valence electrons. The number of hydrogen-bond acceptors (Lipinski definition) is 3. The van der Waals surface area contributed by atoms with Crippen molar-refractivity contribution in [3.63, 3.8) is 0 Å². The third-order valence-corrected chi connectivity index (χ3v) is 3.42. The number of anilines is 1. The molecule has 21 heavy (non-hydrogen) atoms. The number of benzene rings is 1. The van der Waals surface area contributed by atoms with Gasteiger partial charge in [-0.2, -0.15) is 5.10 Å². The van der Waals surface area contributed by atoms with Gasteiger partial charge in [-0.15, -0.1) is 0 Å². The molecule has 0 unspecified atom stereocenters. The summed E-state index contributed by atoms with van der Waals surface area (Å²) in [5.41, 5.74) is 7.90. The highest BCUT2D eigenvalue weighted by Gasteiger charge is 2.12. The number of nitrogens with two attached hydrogens (primary N) is 1.